The second-order valence-corrected chi connectivity index (χ2v) is 7.95. The Balaban J connectivity index is 2.07. The third-order valence-corrected chi connectivity index (χ3v) is 4.76. The average Bonchev–Trinajstić information content (AvgIpc) is 2.51. The van der Waals surface area contributed by atoms with E-state index in [2.05, 4.69) is 44.3 Å². The Hall–Kier alpha value is -1.71. The van der Waals surface area contributed by atoms with E-state index in [0.717, 1.165) is 25.1 Å². The summed E-state index contributed by atoms with van der Waals surface area (Å²) < 4.78 is 5.50. The molecule has 0 saturated heterocycles. The van der Waals surface area contributed by atoms with E-state index >= 15 is 0 Å². The predicted molar refractivity (Wildman–Crippen MR) is 99.3 cm³/mol. The molecule has 4 nitrogen and oxygen atoms in total. The fraction of sp³-hybridized carbons (Fsp3) is 0.650. The molecule has 1 aliphatic rings. The molecule has 2 atom stereocenters. The first-order valence-corrected chi connectivity index (χ1v) is 9.06. The highest BCUT2D eigenvalue weighted by molar-refractivity contribution is 5.69. The van der Waals surface area contributed by atoms with E-state index in [9.17, 15) is 4.79 Å². The average molecular weight is 332 g/mol. The lowest BCUT2D eigenvalue weighted by molar-refractivity contribution is 0.0224. The molecule has 1 aromatic carbocycles. The molecular weight excluding hydrogens is 300 g/mol. The van der Waals surface area contributed by atoms with Crippen molar-refractivity contribution in [2.75, 3.05) is 11.9 Å². The number of ether oxygens (including phenoxy) is 1. The molecule has 0 aliphatic carbocycles. The standard InChI is InChI=1S/C20H32N2O2/c1-7-14(2)15(3)21-18-9-8-16-10-11-22(13-17(16)12-18)19(23)24-20(4,5)6/h8-9,12,14-15,21H,7,10-11,13H2,1-6H3. The predicted octanol–water partition coefficient (Wildman–Crippen LogP) is 4.83. The first-order valence-electron chi connectivity index (χ1n) is 9.06. The molecule has 0 bridgehead atoms. The van der Waals surface area contributed by atoms with Gasteiger partial charge in [-0.25, -0.2) is 4.79 Å². The number of nitrogens with one attached hydrogen (secondary N) is 1. The topological polar surface area (TPSA) is 41.6 Å². The highest BCUT2D eigenvalue weighted by Crippen LogP contribution is 2.25. The summed E-state index contributed by atoms with van der Waals surface area (Å²) in [5.41, 5.74) is 3.23. The summed E-state index contributed by atoms with van der Waals surface area (Å²) in [4.78, 5) is 14.1. The van der Waals surface area contributed by atoms with Gasteiger partial charge in [-0.05, 0) is 63.3 Å². The maximum atomic E-state index is 12.3. The smallest absolute Gasteiger partial charge is 0.410 e. The second-order valence-electron chi connectivity index (χ2n) is 7.95. The Kier molecular flexibility index (Phi) is 5.79. The third kappa shape index (κ3) is 4.89. The normalized spacial score (nSPS) is 17.0. The molecule has 4 heteroatoms. The quantitative estimate of drug-likeness (QED) is 0.859. The highest BCUT2D eigenvalue weighted by Gasteiger charge is 2.25. The summed E-state index contributed by atoms with van der Waals surface area (Å²) >= 11 is 0. The third-order valence-electron chi connectivity index (χ3n) is 4.76. The fourth-order valence-electron chi connectivity index (χ4n) is 2.89. The zero-order valence-corrected chi connectivity index (χ0v) is 16.0. The minimum Gasteiger partial charge on any atom is -0.444 e. The summed E-state index contributed by atoms with van der Waals surface area (Å²) in [5.74, 6) is 0.624. The Labute approximate surface area is 146 Å². The summed E-state index contributed by atoms with van der Waals surface area (Å²) in [6, 6.07) is 6.96. The van der Waals surface area contributed by atoms with Crippen molar-refractivity contribution in [1.82, 2.24) is 4.90 Å². The Morgan fingerprint density at radius 3 is 2.62 bits per heavy atom. The van der Waals surface area contributed by atoms with Gasteiger partial charge in [0.15, 0.2) is 0 Å². The maximum absolute atomic E-state index is 12.3. The molecule has 1 heterocycles. The van der Waals surface area contributed by atoms with Gasteiger partial charge in [0.2, 0.25) is 0 Å². The minimum atomic E-state index is -0.452. The van der Waals surface area contributed by atoms with E-state index in [0.29, 0.717) is 18.5 Å². The van der Waals surface area contributed by atoms with Gasteiger partial charge in [0.05, 0.1) is 0 Å². The van der Waals surface area contributed by atoms with Crippen molar-refractivity contribution < 1.29 is 9.53 Å². The van der Waals surface area contributed by atoms with Gasteiger partial charge in [-0.1, -0.05) is 26.3 Å². The summed E-state index contributed by atoms with van der Waals surface area (Å²) in [6.07, 6.45) is 1.82. The molecule has 1 N–H and O–H groups in total. The van der Waals surface area contributed by atoms with Crippen LogP contribution < -0.4 is 5.32 Å². The van der Waals surface area contributed by atoms with Gasteiger partial charge in [0.1, 0.15) is 5.60 Å². The molecule has 0 aromatic heterocycles. The number of amides is 1. The number of hydrogen-bond acceptors (Lipinski definition) is 3. The first-order chi connectivity index (χ1) is 11.2. The van der Waals surface area contributed by atoms with Gasteiger partial charge >= 0.3 is 6.09 Å². The number of rotatable bonds is 4. The summed E-state index contributed by atoms with van der Waals surface area (Å²) in [5, 5.41) is 3.59. The number of nitrogens with zero attached hydrogens (tertiary/aromatic N) is 1. The molecule has 1 aliphatic heterocycles. The first kappa shape index (κ1) is 18.6. The van der Waals surface area contributed by atoms with Crippen LogP contribution in [0.5, 0.6) is 0 Å². The number of hydrogen-bond donors (Lipinski definition) is 1. The van der Waals surface area contributed by atoms with Crippen molar-refractivity contribution in [3.05, 3.63) is 29.3 Å². The second kappa shape index (κ2) is 7.45. The molecule has 0 saturated carbocycles. The van der Waals surface area contributed by atoms with Gasteiger partial charge in [-0.2, -0.15) is 0 Å². The van der Waals surface area contributed by atoms with Gasteiger partial charge in [0, 0.05) is 24.8 Å². The van der Waals surface area contributed by atoms with Crippen LogP contribution in [0.1, 0.15) is 59.1 Å². The van der Waals surface area contributed by atoms with Crippen LogP contribution in [-0.4, -0.2) is 29.2 Å². The van der Waals surface area contributed by atoms with Crippen LogP contribution in [0.15, 0.2) is 18.2 Å². The van der Waals surface area contributed by atoms with Crippen molar-refractivity contribution in [1.29, 1.82) is 0 Å². The molecule has 0 radical (unpaired) electrons. The van der Waals surface area contributed by atoms with E-state index < -0.39 is 5.60 Å². The summed E-state index contributed by atoms with van der Waals surface area (Å²) in [6.45, 7) is 13.8. The SMILES string of the molecule is CCC(C)C(C)Nc1ccc2c(c1)CN(C(=O)OC(C)(C)C)CC2. The van der Waals surface area contributed by atoms with Crippen molar-refractivity contribution >= 4 is 11.8 Å². The number of anilines is 1. The van der Waals surface area contributed by atoms with Crippen molar-refractivity contribution in [3.63, 3.8) is 0 Å². The van der Waals surface area contributed by atoms with E-state index in [1.165, 1.54) is 11.1 Å². The van der Waals surface area contributed by atoms with Crippen molar-refractivity contribution in [3.8, 4) is 0 Å². The lowest BCUT2D eigenvalue weighted by Gasteiger charge is -2.31. The zero-order chi connectivity index (χ0) is 17.9. The lowest BCUT2D eigenvalue weighted by Crippen LogP contribution is -2.39. The van der Waals surface area contributed by atoms with Gasteiger partial charge < -0.3 is 15.0 Å². The molecule has 1 amide bonds. The van der Waals surface area contributed by atoms with Crippen molar-refractivity contribution in [2.45, 2.75) is 72.6 Å². The van der Waals surface area contributed by atoms with Crippen LogP contribution >= 0.6 is 0 Å². The number of benzene rings is 1. The zero-order valence-electron chi connectivity index (χ0n) is 16.0. The van der Waals surface area contributed by atoms with Crippen LogP contribution in [0, 0.1) is 5.92 Å². The van der Waals surface area contributed by atoms with Crippen LogP contribution in [0.25, 0.3) is 0 Å². The highest BCUT2D eigenvalue weighted by atomic mass is 16.6. The Morgan fingerprint density at radius 1 is 1.29 bits per heavy atom. The monoisotopic (exact) mass is 332 g/mol. The summed E-state index contributed by atoms with van der Waals surface area (Å²) in [7, 11) is 0. The molecule has 0 spiro atoms. The van der Waals surface area contributed by atoms with Crippen LogP contribution in [0.4, 0.5) is 10.5 Å². The Morgan fingerprint density at radius 2 is 2.00 bits per heavy atom. The fourth-order valence-corrected chi connectivity index (χ4v) is 2.89. The van der Waals surface area contributed by atoms with Gasteiger partial charge in [-0.15, -0.1) is 0 Å². The van der Waals surface area contributed by atoms with E-state index in [1.807, 2.05) is 20.8 Å². The van der Waals surface area contributed by atoms with Crippen LogP contribution in [0.2, 0.25) is 0 Å². The molecule has 2 unspecified atom stereocenters. The molecule has 24 heavy (non-hydrogen) atoms. The molecular formula is C20H32N2O2. The van der Waals surface area contributed by atoms with Crippen molar-refractivity contribution in [2.24, 2.45) is 5.92 Å². The number of fused-ring (bicyclic) bond motifs is 1. The van der Waals surface area contributed by atoms with Gasteiger partial charge in [-0.3, -0.25) is 0 Å². The largest absolute Gasteiger partial charge is 0.444 e. The van der Waals surface area contributed by atoms with E-state index in [4.69, 9.17) is 4.74 Å². The molecule has 1 aromatic rings. The number of carbonyl (C=O) groups excluding carboxylic acids is 1. The Bertz CT molecular complexity index is 577. The van der Waals surface area contributed by atoms with E-state index in [-0.39, 0.29) is 6.09 Å². The minimum absolute atomic E-state index is 0.223. The number of carbonyl (C=O) groups is 1. The van der Waals surface area contributed by atoms with E-state index in [1.54, 1.807) is 4.90 Å². The van der Waals surface area contributed by atoms with Crippen LogP contribution in [0.3, 0.4) is 0 Å². The lowest BCUT2D eigenvalue weighted by atomic mass is 9.97. The maximum Gasteiger partial charge on any atom is 0.410 e. The van der Waals surface area contributed by atoms with Crippen LogP contribution in [-0.2, 0) is 17.7 Å². The molecule has 134 valence electrons. The molecule has 0 fully saturated rings. The van der Waals surface area contributed by atoms with Gasteiger partial charge in [0.25, 0.3) is 0 Å². The molecule has 2 rings (SSSR count).